The molecule has 0 saturated carbocycles. The molecule has 1 fully saturated rings. The zero-order chi connectivity index (χ0) is 13.3. The Labute approximate surface area is 110 Å². The summed E-state index contributed by atoms with van der Waals surface area (Å²) < 4.78 is 0. The van der Waals surface area contributed by atoms with Crippen LogP contribution in [0.1, 0.15) is 37.8 Å². The second-order valence-electron chi connectivity index (χ2n) is 5.94. The molecule has 1 unspecified atom stereocenters. The SMILES string of the molecule is Cc1ccc(C)c(N2CCC(CC#N)C2(C)C)c1. The molecule has 1 heterocycles. The molecule has 2 heteroatoms. The first-order valence-electron chi connectivity index (χ1n) is 6.68. The van der Waals surface area contributed by atoms with Gasteiger partial charge in [0.1, 0.15) is 0 Å². The second kappa shape index (κ2) is 4.65. The van der Waals surface area contributed by atoms with Gasteiger partial charge < -0.3 is 4.90 Å². The molecule has 96 valence electrons. The van der Waals surface area contributed by atoms with Gasteiger partial charge in [0.2, 0.25) is 0 Å². The maximum Gasteiger partial charge on any atom is 0.0625 e. The van der Waals surface area contributed by atoms with Crippen LogP contribution in [0, 0.1) is 31.1 Å². The van der Waals surface area contributed by atoms with Gasteiger partial charge in [0.15, 0.2) is 0 Å². The van der Waals surface area contributed by atoms with Crippen LogP contribution >= 0.6 is 0 Å². The van der Waals surface area contributed by atoms with Crippen LogP contribution in [-0.2, 0) is 0 Å². The van der Waals surface area contributed by atoms with Gasteiger partial charge in [0, 0.05) is 24.2 Å². The Balaban J connectivity index is 2.35. The molecule has 0 radical (unpaired) electrons. The normalized spacial score (nSPS) is 21.9. The van der Waals surface area contributed by atoms with Crippen molar-refractivity contribution in [3.05, 3.63) is 29.3 Å². The average molecular weight is 242 g/mol. The summed E-state index contributed by atoms with van der Waals surface area (Å²) in [6, 6.07) is 8.96. The van der Waals surface area contributed by atoms with Crippen LogP contribution in [0.5, 0.6) is 0 Å². The monoisotopic (exact) mass is 242 g/mol. The van der Waals surface area contributed by atoms with E-state index in [1.807, 2.05) is 0 Å². The molecule has 1 aliphatic rings. The third-order valence-corrected chi connectivity index (χ3v) is 4.39. The summed E-state index contributed by atoms with van der Waals surface area (Å²) in [5.41, 5.74) is 4.04. The van der Waals surface area contributed by atoms with E-state index in [0.717, 1.165) is 13.0 Å². The molecule has 1 aliphatic heterocycles. The van der Waals surface area contributed by atoms with Crippen LogP contribution < -0.4 is 4.90 Å². The minimum atomic E-state index is 0.0777. The fourth-order valence-corrected chi connectivity index (χ4v) is 3.05. The maximum absolute atomic E-state index is 8.95. The van der Waals surface area contributed by atoms with Gasteiger partial charge in [0.05, 0.1) is 6.07 Å². The Morgan fingerprint density at radius 3 is 2.78 bits per heavy atom. The molecule has 0 aromatic heterocycles. The number of hydrogen-bond donors (Lipinski definition) is 0. The van der Waals surface area contributed by atoms with Crippen LogP contribution in [0.3, 0.4) is 0 Å². The molecule has 0 spiro atoms. The topological polar surface area (TPSA) is 27.0 Å². The second-order valence-corrected chi connectivity index (χ2v) is 5.94. The van der Waals surface area contributed by atoms with Crippen LogP contribution in [-0.4, -0.2) is 12.1 Å². The van der Waals surface area contributed by atoms with Crippen molar-refractivity contribution in [1.82, 2.24) is 0 Å². The molecular weight excluding hydrogens is 220 g/mol. The molecule has 18 heavy (non-hydrogen) atoms. The Kier molecular flexibility index (Phi) is 3.34. The first kappa shape index (κ1) is 13.0. The van der Waals surface area contributed by atoms with Crippen molar-refractivity contribution in [2.24, 2.45) is 5.92 Å². The molecule has 1 aromatic rings. The van der Waals surface area contributed by atoms with E-state index in [9.17, 15) is 0 Å². The zero-order valence-electron chi connectivity index (χ0n) is 11.8. The number of hydrogen-bond acceptors (Lipinski definition) is 2. The molecule has 1 saturated heterocycles. The molecule has 0 amide bonds. The van der Waals surface area contributed by atoms with Crippen LogP contribution in [0.4, 0.5) is 5.69 Å². The molecule has 0 bridgehead atoms. The molecule has 1 atom stereocenters. The smallest absolute Gasteiger partial charge is 0.0625 e. The van der Waals surface area contributed by atoms with E-state index in [1.165, 1.54) is 16.8 Å². The van der Waals surface area contributed by atoms with E-state index in [2.05, 4.69) is 56.9 Å². The molecule has 0 N–H and O–H groups in total. The van der Waals surface area contributed by atoms with E-state index in [1.54, 1.807) is 0 Å². The Morgan fingerprint density at radius 1 is 1.39 bits per heavy atom. The fourth-order valence-electron chi connectivity index (χ4n) is 3.05. The Hall–Kier alpha value is -1.49. The minimum absolute atomic E-state index is 0.0777. The number of aryl methyl sites for hydroxylation is 2. The van der Waals surface area contributed by atoms with Crippen molar-refractivity contribution in [3.8, 4) is 6.07 Å². The standard InChI is InChI=1S/C16H22N2/c1-12-5-6-13(2)15(11-12)18-10-8-14(7-9-17)16(18,3)4/h5-6,11,14H,7-8,10H2,1-4H3. The molecule has 0 aliphatic carbocycles. The number of benzene rings is 1. The highest BCUT2D eigenvalue weighted by Gasteiger charge is 2.41. The third-order valence-electron chi connectivity index (χ3n) is 4.39. The summed E-state index contributed by atoms with van der Waals surface area (Å²) in [5.74, 6) is 0.474. The van der Waals surface area contributed by atoms with E-state index in [4.69, 9.17) is 5.26 Å². The quantitative estimate of drug-likeness (QED) is 0.788. The van der Waals surface area contributed by atoms with Gasteiger partial charge in [-0.1, -0.05) is 12.1 Å². The number of rotatable bonds is 2. The fraction of sp³-hybridized carbons (Fsp3) is 0.562. The average Bonchev–Trinajstić information content (AvgIpc) is 2.59. The first-order valence-corrected chi connectivity index (χ1v) is 6.68. The van der Waals surface area contributed by atoms with E-state index in [0.29, 0.717) is 12.3 Å². The van der Waals surface area contributed by atoms with Gasteiger partial charge in [-0.25, -0.2) is 0 Å². The lowest BCUT2D eigenvalue weighted by Crippen LogP contribution is -2.42. The highest BCUT2D eigenvalue weighted by Crippen LogP contribution is 2.41. The summed E-state index contributed by atoms with van der Waals surface area (Å²) in [5, 5.41) is 8.95. The van der Waals surface area contributed by atoms with Gasteiger partial charge in [-0.2, -0.15) is 5.26 Å². The van der Waals surface area contributed by atoms with Crippen molar-refractivity contribution in [2.75, 3.05) is 11.4 Å². The maximum atomic E-state index is 8.95. The highest BCUT2D eigenvalue weighted by atomic mass is 15.2. The lowest BCUT2D eigenvalue weighted by Gasteiger charge is -2.38. The van der Waals surface area contributed by atoms with Gasteiger partial charge in [-0.15, -0.1) is 0 Å². The number of anilines is 1. The number of nitriles is 1. The van der Waals surface area contributed by atoms with Crippen molar-refractivity contribution < 1.29 is 0 Å². The van der Waals surface area contributed by atoms with E-state index >= 15 is 0 Å². The third kappa shape index (κ3) is 2.10. The summed E-state index contributed by atoms with van der Waals surface area (Å²) in [7, 11) is 0. The summed E-state index contributed by atoms with van der Waals surface area (Å²) in [4.78, 5) is 2.48. The van der Waals surface area contributed by atoms with Gasteiger partial charge in [0.25, 0.3) is 0 Å². The molecule has 2 rings (SSSR count). The van der Waals surface area contributed by atoms with Crippen molar-refractivity contribution in [2.45, 2.75) is 46.1 Å². The van der Waals surface area contributed by atoms with Crippen LogP contribution in [0.25, 0.3) is 0 Å². The predicted molar refractivity (Wildman–Crippen MR) is 75.7 cm³/mol. The van der Waals surface area contributed by atoms with E-state index in [-0.39, 0.29) is 5.54 Å². The largest absolute Gasteiger partial charge is 0.366 e. The van der Waals surface area contributed by atoms with Crippen LogP contribution in [0.2, 0.25) is 0 Å². The van der Waals surface area contributed by atoms with Crippen molar-refractivity contribution >= 4 is 5.69 Å². The lowest BCUT2D eigenvalue weighted by atomic mass is 9.86. The van der Waals surface area contributed by atoms with Crippen molar-refractivity contribution in [1.29, 1.82) is 5.26 Å². The van der Waals surface area contributed by atoms with Crippen LogP contribution in [0.15, 0.2) is 18.2 Å². The summed E-state index contributed by atoms with van der Waals surface area (Å²) in [6.07, 6.45) is 1.78. The zero-order valence-corrected chi connectivity index (χ0v) is 11.8. The molecule has 1 aromatic carbocycles. The first-order chi connectivity index (χ1) is 8.46. The number of nitrogens with zero attached hydrogens (tertiary/aromatic N) is 2. The van der Waals surface area contributed by atoms with E-state index < -0.39 is 0 Å². The Morgan fingerprint density at radius 2 is 2.11 bits per heavy atom. The predicted octanol–water partition coefficient (Wildman–Crippen LogP) is 3.82. The van der Waals surface area contributed by atoms with Gasteiger partial charge >= 0.3 is 0 Å². The van der Waals surface area contributed by atoms with Gasteiger partial charge in [-0.3, -0.25) is 0 Å². The summed E-state index contributed by atoms with van der Waals surface area (Å²) >= 11 is 0. The Bertz CT molecular complexity index is 482. The molecule has 2 nitrogen and oxygen atoms in total. The van der Waals surface area contributed by atoms with Crippen molar-refractivity contribution in [3.63, 3.8) is 0 Å². The highest BCUT2D eigenvalue weighted by molar-refractivity contribution is 5.57. The molecular formula is C16H22N2. The lowest BCUT2D eigenvalue weighted by molar-refractivity contribution is 0.371. The summed E-state index contributed by atoms with van der Waals surface area (Å²) in [6.45, 7) is 9.90. The van der Waals surface area contributed by atoms with Gasteiger partial charge in [-0.05, 0) is 57.2 Å². The minimum Gasteiger partial charge on any atom is -0.366 e.